The van der Waals surface area contributed by atoms with Crippen LogP contribution in [0.5, 0.6) is 5.75 Å². The lowest BCUT2D eigenvalue weighted by Gasteiger charge is -2.26. The average Bonchev–Trinajstić information content (AvgIpc) is 2.37. The molecule has 0 saturated carbocycles. The molecule has 1 heterocycles. The normalized spacial score (nSPS) is 17.7. The summed E-state index contributed by atoms with van der Waals surface area (Å²) in [5.74, 6) is 0.0666. The quantitative estimate of drug-likeness (QED) is 0.835. The molecule has 4 heteroatoms. The molecule has 19 heavy (non-hydrogen) atoms. The van der Waals surface area contributed by atoms with E-state index in [0.717, 1.165) is 11.1 Å². The Morgan fingerprint density at radius 1 is 1.21 bits per heavy atom. The number of carbonyl (C=O) groups is 1. The number of anilines is 1. The standard InChI is InChI=1S/C15H12ClNO2/c16-10-3-1-2-9(6-10)13-8-15(19)17-14-7-11(18)4-5-12(13)14/h1-7,13,18H,8H2,(H,17,19)/t13-/m1/s1. The Hall–Kier alpha value is -2.00. The van der Waals surface area contributed by atoms with E-state index in [2.05, 4.69) is 5.32 Å². The molecule has 1 aliphatic heterocycles. The summed E-state index contributed by atoms with van der Waals surface area (Å²) in [6.07, 6.45) is 0.387. The van der Waals surface area contributed by atoms with Crippen LogP contribution in [-0.2, 0) is 4.79 Å². The van der Waals surface area contributed by atoms with Gasteiger partial charge in [0.1, 0.15) is 5.75 Å². The fourth-order valence-electron chi connectivity index (χ4n) is 2.47. The summed E-state index contributed by atoms with van der Waals surface area (Å²) in [5.41, 5.74) is 2.68. The lowest BCUT2D eigenvalue weighted by molar-refractivity contribution is -0.116. The summed E-state index contributed by atoms with van der Waals surface area (Å²) in [6.45, 7) is 0. The summed E-state index contributed by atoms with van der Waals surface area (Å²) in [6, 6.07) is 12.6. The van der Waals surface area contributed by atoms with Gasteiger partial charge in [0.05, 0.1) is 0 Å². The number of amides is 1. The van der Waals surface area contributed by atoms with Crippen LogP contribution in [0.25, 0.3) is 0 Å². The van der Waals surface area contributed by atoms with Gasteiger partial charge < -0.3 is 10.4 Å². The molecule has 0 bridgehead atoms. The summed E-state index contributed by atoms with van der Waals surface area (Å²) >= 11 is 6.01. The number of phenolic OH excluding ortho intramolecular Hbond substituents is 1. The fraction of sp³-hybridized carbons (Fsp3) is 0.133. The van der Waals surface area contributed by atoms with E-state index >= 15 is 0 Å². The summed E-state index contributed by atoms with van der Waals surface area (Å²) < 4.78 is 0. The van der Waals surface area contributed by atoms with Crippen molar-refractivity contribution < 1.29 is 9.90 Å². The van der Waals surface area contributed by atoms with Crippen molar-refractivity contribution >= 4 is 23.2 Å². The molecule has 1 amide bonds. The predicted molar refractivity (Wildman–Crippen MR) is 74.6 cm³/mol. The van der Waals surface area contributed by atoms with E-state index in [1.165, 1.54) is 0 Å². The van der Waals surface area contributed by atoms with Crippen LogP contribution >= 0.6 is 11.6 Å². The smallest absolute Gasteiger partial charge is 0.225 e. The van der Waals surface area contributed by atoms with Gasteiger partial charge in [-0.05, 0) is 29.3 Å². The SMILES string of the molecule is O=C1C[C@H](c2cccc(Cl)c2)c2ccc(O)cc2N1. The van der Waals surface area contributed by atoms with Crippen LogP contribution in [0.3, 0.4) is 0 Å². The lowest BCUT2D eigenvalue weighted by atomic mass is 9.85. The number of benzene rings is 2. The van der Waals surface area contributed by atoms with Crippen molar-refractivity contribution in [3.8, 4) is 5.75 Å². The molecule has 1 aliphatic rings. The highest BCUT2D eigenvalue weighted by molar-refractivity contribution is 6.30. The third kappa shape index (κ3) is 2.29. The topological polar surface area (TPSA) is 49.3 Å². The number of hydrogen-bond acceptors (Lipinski definition) is 2. The molecule has 1 atom stereocenters. The second kappa shape index (κ2) is 4.59. The number of phenols is 1. The zero-order valence-electron chi connectivity index (χ0n) is 10.1. The molecule has 96 valence electrons. The predicted octanol–water partition coefficient (Wildman–Crippen LogP) is 3.52. The lowest BCUT2D eigenvalue weighted by Crippen LogP contribution is -2.23. The molecular weight excluding hydrogens is 262 g/mol. The van der Waals surface area contributed by atoms with Crippen molar-refractivity contribution in [2.24, 2.45) is 0 Å². The molecule has 0 radical (unpaired) electrons. The minimum absolute atomic E-state index is 0.0250. The third-order valence-electron chi connectivity index (χ3n) is 3.33. The highest BCUT2D eigenvalue weighted by Gasteiger charge is 2.26. The first-order valence-electron chi connectivity index (χ1n) is 6.02. The van der Waals surface area contributed by atoms with Crippen LogP contribution in [0.2, 0.25) is 5.02 Å². The van der Waals surface area contributed by atoms with E-state index in [1.54, 1.807) is 12.1 Å². The number of aromatic hydroxyl groups is 1. The van der Waals surface area contributed by atoms with Gasteiger partial charge in [-0.3, -0.25) is 4.79 Å². The van der Waals surface area contributed by atoms with Gasteiger partial charge in [0, 0.05) is 29.1 Å². The zero-order valence-corrected chi connectivity index (χ0v) is 10.8. The Bertz CT molecular complexity index is 654. The first kappa shape index (κ1) is 12.1. The van der Waals surface area contributed by atoms with Crippen molar-refractivity contribution in [2.45, 2.75) is 12.3 Å². The van der Waals surface area contributed by atoms with Gasteiger partial charge >= 0.3 is 0 Å². The summed E-state index contributed by atoms with van der Waals surface area (Å²) in [7, 11) is 0. The zero-order chi connectivity index (χ0) is 13.4. The minimum atomic E-state index is -0.0527. The van der Waals surface area contributed by atoms with E-state index in [4.69, 9.17) is 11.6 Å². The first-order chi connectivity index (χ1) is 9.13. The molecule has 0 aliphatic carbocycles. The molecule has 3 nitrogen and oxygen atoms in total. The van der Waals surface area contributed by atoms with Gasteiger partial charge in [-0.2, -0.15) is 0 Å². The highest BCUT2D eigenvalue weighted by Crippen LogP contribution is 2.38. The van der Waals surface area contributed by atoms with Crippen molar-refractivity contribution in [2.75, 3.05) is 5.32 Å². The summed E-state index contributed by atoms with van der Waals surface area (Å²) in [4.78, 5) is 11.8. The van der Waals surface area contributed by atoms with Gasteiger partial charge in [-0.1, -0.05) is 29.8 Å². The Kier molecular flexibility index (Phi) is 2.91. The number of nitrogens with one attached hydrogen (secondary N) is 1. The molecule has 0 unspecified atom stereocenters. The van der Waals surface area contributed by atoms with Crippen LogP contribution in [-0.4, -0.2) is 11.0 Å². The molecule has 2 aromatic carbocycles. The molecule has 2 N–H and O–H groups in total. The average molecular weight is 274 g/mol. The Balaban J connectivity index is 2.11. The Morgan fingerprint density at radius 3 is 2.84 bits per heavy atom. The fourth-order valence-corrected chi connectivity index (χ4v) is 2.67. The van der Waals surface area contributed by atoms with Crippen LogP contribution in [0.1, 0.15) is 23.5 Å². The molecule has 0 spiro atoms. The van der Waals surface area contributed by atoms with Crippen molar-refractivity contribution in [1.29, 1.82) is 0 Å². The molecule has 0 fully saturated rings. The maximum Gasteiger partial charge on any atom is 0.225 e. The second-order valence-corrected chi connectivity index (χ2v) is 5.07. The van der Waals surface area contributed by atoms with E-state index in [0.29, 0.717) is 17.1 Å². The van der Waals surface area contributed by atoms with Crippen LogP contribution in [0.15, 0.2) is 42.5 Å². The van der Waals surface area contributed by atoms with Crippen molar-refractivity contribution in [3.05, 3.63) is 58.6 Å². The number of hydrogen-bond donors (Lipinski definition) is 2. The van der Waals surface area contributed by atoms with Gasteiger partial charge in [0.2, 0.25) is 5.91 Å². The van der Waals surface area contributed by atoms with Gasteiger partial charge in [0.15, 0.2) is 0 Å². The maximum absolute atomic E-state index is 11.8. The monoisotopic (exact) mass is 273 g/mol. The van der Waals surface area contributed by atoms with Gasteiger partial charge in [-0.15, -0.1) is 0 Å². The Labute approximate surface area is 115 Å². The van der Waals surface area contributed by atoms with Gasteiger partial charge in [-0.25, -0.2) is 0 Å². The maximum atomic E-state index is 11.8. The second-order valence-electron chi connectivity index (χ2n) is 4.63. The van der Waals surface area contributed by atoms with E-state index in [9.17, 15) is 9.90 Å². The van der Waals surface area contributed by atoms with Crippen LogP contribution in [0, 0.1) is 0 Å². The molecule has 2 aromatic rings. The molecule has 3 rings (SSSR count). The minimum Gasteiger partial charge on any atom is -0.508 e. The summed E-state index contributed by atoms with van der Waals surface area (Å²) in [5, 5.41) is 12.9. The number of fused-ring (bicyclic) bond motifs is 1. The number of carbonyl (C=O) groups excluding carboxylic acids is 1. The largest absolute Gasteiger partial charge is 0.508 e. The molecular formula is C15H12ClNO2. The van der Waals surface area contributed by atoms with E-state index in [1.807, 2.05) is 30.3 Å². The molecule has 0 aromatic heterocycles. The molecule has 0 saturated heterocycles. The number of rotatable bonds is 1. The van der Waals surface area contributed by atoms with Crippen LogP contribution < -0.4 is 5.32 Å². The van der Waals surface area contributed by atoms with Gasteiger partial charge in [0.25, 0.3) is 0 Å². The first-order valence-corrected chi connectivity index (χ1v) is 6.39. The Morgan fingerprint density at radius 2 is 2.05 bits per heavy atom. The van der Waals surface area contributed by atoms with E-state index < -0.39 is 0 Å². The van der Waals surface area contributed by atoms with Crippen molar-refractivity contribution in [3.63, 3.8) is 0 Å². The van der Waals surface area contributed by atoms with E-state index in [-0.39, 0.29) is 17.6 Å². The van der Waals surface area contributed by atoms with Crippen molar-refractivity contribution in [1.82, 2.24) is 0 Å². The number of halogens is 1. The highest BCUT2D eigenvalue weighted by atomic mass is 35.5. The third-order valence-corrected chi connectivity index (χ3v) is 3.56. The van der Waals surface area contributed by atoms with Crippen LogP contribution in [0.4, 0.5) is 5.69 Å².